The summed E-state index contributed by atoms with van der Waals surface area (Å²) in [5.74, 6) is 1.34. The summed E-state index contributed by atoms with van der Waals surface area (Å²) in [7, 11) is 0.0463. The van der Waals surface area contributed by atoms with Gasteiger partial charge in [-0.2, -0.15) is 0 Å². The van der Waals surface area contributed by atoms with Gasteiger partial charge in [-0.15, -0.1) is 26.0 Å². The molecule has 3 aliphatic rings. The number of nitrogens with one attached hydrogen (secondary N) is 4. The zero-order chi connectivity index (χ0) is 42.9. The van der Waals surface area contributed by atoms with Gasteiger partial charge in [0.2, 0.25) is 28.2 Å². The van der Waals surface area contributed by atoms with E-state index in [2.05, 4.69) is 62.4 Å². The Morgan fingerprint density at radius 3 is 2.09 bits per heavy atom. The predicted octanol–water partition coefficient (Wildman–Crippen LogP) is 5.20. The van der Waals surface area contributed by atoms with Crippen LogP contribution in [0.5, 0.6) is 5.75 Å². The number of carbonyl (C=O) groups excluding carboxylic acids is 4. The van der Waals surface area contributed by atoms with Crippen LogP contribution < -0.4 is 25.7 Å². The minimum Gasteiger partial charge on any atom is -0.497 e. The lowest BCUT2D eigenvalue weighted by atomic mass is 10.1. The summed E-state index contributed by atoms with van der Waals surface area (Å²) in [4.78, 5) is 63.3. The number of methoxy groups -OCH3 is 1. The SMILES string of the molecule is C#C.C=C.CC.CC(C)C.CN(C(=O)NCC(=O)N1CCC[C@H]1C(=O)NC1CC1)C(C)(C)C.COc1ccc2c(=O)[nH]ccc2c1.O=CNS(=O)(=O)C1CC1. The molecule has 5 amide bonds. The van der Waals surface area contributed by atoms with Crippen molar-refractivity contribution in [3.05, 3.63) is 54.0 Å². The third kappa shape index (κ3) is 20.4. The van der Waals surface area contributed by atoms with Crippen LogP contribution in [0, 0.1) is 18.8 Å². The molecular weight excluding hydrogens is 725 g/mol. The van der Waals surface area contributed by atoms with Crippen molar-refractivity contribution in [2.45, 2.75) is 117 Å². The van der Waals surface area contributed by atoms with E-state index in [4.69, 9.17) is 4.74 Å². The van der Waals surface area contributed by atoms with Crippen LogP contribution in [0.1, 0.15) is 93.9 Å². The number of amides is 5. The van der Waals surface area contributed by atoms with Gasteiger partial charge in [0.15, 0.2) is 0 Å². The van der Waals surface area contributed by atoms with Crippen molar-refractivity contribution in [2.24, 2.45) is 5.92 Å². The van der Waals surface area contributed by atoms with Crippen molar-refractivity contribution in [3.63, 3.8) is 0 Å². The fourth-order valence-electron chi connectivity index (χ4n) is 4.38. The number of likely N-dealkylation sites (tertiary alicyclic amines) is 1. The predicted molar refractivity (Wildman–Crippen MR) is 222 cm³/mol. The normalized spacial score (nSPS) is 15.2. The highest BCUT2D eigenvalue weighted by Gasteiger charge is 2.37. The van der Waals surface area contributed by atoms with Crippen molar-refractivity contribution in [2.75, 3.05) is 27.2 Å². The molecule has 0 spiro atoms. The van der Waals surface area contributed by atoms with Gasteiger partial charge in [-0.1, -0.05) is 34.6 Å². The van der Waals surface area contributed by atoms with Crippen LogP contribution in [0.4, 0.5) is 4.79 Å². The van der Waals surface area contributed by atoms with E-state index in [9.17, 15) is 32.4 Å². The third-order valence-electron chi connectivity index (χ3n) is 7.66. The van der Waals surface area contributed by atoms with Crippen molar-refractivity contribution in [3.8, 4) is 18.6 Å². The number of sulfonamides is 1. The van der Waals surface area contributed by atoms with E-state index >= 15 is 0 Å². The highest BCUT2D eigenvalue weighted by Crippen LogP contribution is 2.27. The molecule has 310 valence electrons. The zero-order valence-corrected chi connectivity index (χ0v) is 35.4. The Labute approximate surface area is 329 Å². The first-order chi connectivity index (χ1) is 25.9. The average molecular weight is 791 g/mol. The summed E-state index contributed by atoms with van der Waals surface area (Å²) in [6, 6.07) is 6.83. The Bertz CT molecular complexity index is 1640. The summed E-state index contributed by atoms with van der Waals surface area (Å²) >= 11 is 0. The number of fused-ring (bicyclic) bond motifs is 1. The molecule has 5 rings (SSSR count). The molecule has 2 aromatic rings. The number of carbonyl (C=O) groups is 4. The van der Waals surface area contributed by atoms with Gasteiger partial charge in [-0.05, 0) is 94.9 Å². The van der Waals surface area contributed by atoms with Crippen LogP contribution in [0.15, 0.2) is 48.4 Å². The molecule has 1 atom stereocenters. The highest BCUT2D eigenvalue weighted by atomic mass is 32.2. The molecule has 15 heteroatoms. The molecule has 2 saturated carbocycles. The number of H-pyrrole nitrogens is 1. The van der Waals surface area contributed by atoms with Gasteiger partial charge in [0.1, 0.15) is 11.8 Å². The molecule has 55 heavy (non-hydrogen) atoms. The molecule has 0 bridgehead atoms. The number of aromatic nitrogens is 1. The number of terminal acetylenes is 1. The maximum Gasteiger partial charge on any atom is 0.318 e. The van der Waals surface area contributed by atoms with E-state index in [-0.39, 0.29) is 53.2 Å². The summed E-state index contributed by atoms with van der Waals surface area (Å²) in [6.07, 6.45) is 14.8. The fraction of sp³-hybridized carbons (Fsp3) is 0.575. The van der Waals surface area contributed by atoms with Crippen LogP contribution >= 0.6 is 0 Å². The van der Waals surface area contributed by atoms with Crippen LogP contribution in [0.25, 0.3) is 10.8 Å². The number of nitrogens with zero attached hydrogens (tertiary/aromatic N) is 2. The van der Waals surface area contributed by atoms with Gasteiger partial charge in [0.25, 0.3) is 5.56 Å². The number of benzene rings is 1. The fourth-order valence-corrected chi connectivity index (χ4v) is 5.46. The molecule has 2 heterocycles. The largest absolute Gasteiger partial charge is 0.497 e. The lowest BCUT2D eigenvalue weighted by Gasteiger charge is -2.32. The second-order valence-electron chi connectivity index (χ2n) is 13.9. The first kappa shape index (κ1) is 52.3. The highest BCUT2D eigenvalue weighted by molar-refractivity contribution is 7.90. The second-order valence-corrected chi connectivity index (χ2v) is 15.9. The van der Waals surface area contributed by atoms with Gasteiger partial charge in [-0.3, -0.25) is 23.9 Å². The van der Waals surface area contributed by atoms with Crippen LogP contribution in [0.2, 0.25) is 0 Å². The van der Waals surface area contributed by atoms with E-state index < -0.39 is 10.0 Å². The molecular formula is C40H66N6O8S. The zero-order valence-electron chi connectivity index (χ0n) is 34.6. The number of hydrogen-bond donors (Lipinski definition) is 4. The quantitative estimate of drug-likeness (QED) is 0.160. The number of pyridine rings is 1. The molecule has 1 aromatic carbocycles. The number of urea groups is 1. The van der Waals surface area contributed by atoms with Crippen LogP contribution in [-0.2, 0) is 24.4 Å². The molecule has 0 radical (unpaired) electrons. The van der Waals surface area contributed by atoms with E-state index in [1.165, 1.54) is 0 Å². The first-order valence-electron chi connectivity index (χ1n) is 18.5. The summed E-state index contributed by atoms with van der Waals surface area (Å²) in [5.41, 5.74) is -0.381. The second kappa shape index (κ2) is 26.9. The monoisotopic (exact) mass is 790 g/mol. The number of hydrogen-bond acceptors (Lipinski definition) is 8. The lowest BCUT2D eigenvalue weighted by Crippen LogP contribution is -2.52. The average Bonchev–Trinajstić information content (AvgIpc) is 4.11. The smallest absolute Gasteiger partial charge is 0.318 e. The van der Waals surface area contributed by atoms with Crippen LogP contribution in [0.3, 0.4) is 0 Å². The Kier molecular flexibility index (Phi) is 25.5. The van der Waals surface area contributed by atoms with E-state index in [0.29, 0.717) is 37.2 Å². The van der Waals surface area contributed by atoms with Gasteiger partial charge in [-0.25, -0.2) is 13.2 Å². The Balaban J connectivity index is 0. The van der Waals surface area contributed by atoms with Gasteiger partial charge in [0.05, 0.1) is 18.9 Å². The first-order valence-corrected chi connectivity index (χ1v) is 20.0. The molecule has 3 fully saturated rings. The Morgan fingerprint density at radius 1 is 1.05 bits per heavy atom. The van der Waals surface area contributed by atoms with E-state index in [0.717, 1.165) is 36.3 Å². The number of ether oxygens (including phenoxy) is 1. The van der Waals surface area contributed by atoms with Crippen molar-refractivity contribution < 1.29 is 32.3 Å². The summed E-state index contributed by atoms with van der Waals surface area (Å²) in [6.45, 7) is 22.8. The molecule has 1 aromatic heterocycles. The van der Waals surface area contributed by atoms with Crippen molar-refractivity contribution in [1.29, 1.82) is 0 Å². The van der Waals surface area contributed by atoms with Crippen LogP contribution in [-0.4, -0.2) is 97.6 Å². The maximum absolute atomic E-state index is 12.4. The molecule has 2 aliphatic carbocycles. The third-order valence-corrected chi connectivity index (χ3v) is 9.43. The Hall–Kier alpha value is -4.84. The van der Waals surface area contributed by atoms with E-state index in [1.807, 2.05) is 46.8 Å². The summed E-state index contributed by atoms with van der Waals surface area (Å²) in [5, 5.41) is 6.87. The number of aromatic amines is 1. The standard InChI is InChI=1S/C16H28N4O3.C10H9NO2.C4H7NO3S.C4H10.C2H6.C2H4.C2H2/c1-16(2,3)19(4)15(23)17-10-13(21)20-9-5-6-12(20)14(22)18-11-7-8-11;1-13-8-2-3-9-7(6-8)4-5-11-10(9)12;6-3-5-9(7,8)4-1-2-4;1-4(2)3;3*1-2/h11-12H,5-10H2,1-4H3,(H,17,23)(H,18,22);2-6H,1H3,(H,11,12);3-4H,1-2H2,(H,5,6);4H,1-3H3;1-2H3;1-2H2;1-2H/t12-;;;;;;/m0....../s1. The van der Waals surface area contributed by atoms with Gasteiger partial charge in [0, 0.05) is 36.8 Å². The molecule has 1 saturated heterocycles. The topological polar surface area (TPSA) is 187 Å². The molecule has 14 nitrogen and oxygen atoms in total. The molecule has 0 unspecified atom stereocenters. The minimum atomic E-state index is -3.26. The van der Waals surface area contributed by atoms with E-state index in [1.54, 1.807) is 47.0 Å². The molecule has 1 aliphatic heterocycles. The van der Waals surface area contributed by atoms with Crippen molar-refractivity contribution >= 4 is 45.1 Å². The Morgan fingerprint density at radius 2 is 1.62 bits per heavy atom. The minimum absolute atomic E-state index is 0.0588. The number of rotatable bonds is 8. The molecule has 4 N–H and O–H groups in total. The lowest BCUT2D eigenvalue weighted by molar-refractivity contribution is -0.137. The van der Waals surface area contributed by atoms with Gasteiger partial charge >= 0.3 is 6.03 Å². The maximum atomic E-state index is 12.4. The van der Waals surface area contributed by atoms with Crippen molar-refractivity contribution in [1.82, 2.24) is 30.1 Å². The summed E-state index contributed by atoms with van der Waals surface area (Å²) < 4.78 is 28.1. The van der Waals surface area contributed by atoms with Gasteiger partial charge < -0.3 is 30.2 Å².